The predicted molar refractivity (Wildman–Crippen MR) is 130 cm³/mol. The van der Waals surface area contributed by atoms with Crippen LogP contribution in [0.1, 0.15) is 36.5 Å². The van der Waals surface area contributed by atoms with Crippen LogP contribution in [0.3, 0.4) is 0 Å². The summed E-state index contributed by atoms with van der Waals surface area (Å²) in [6, 6.07) is 14.3. The van der Waals surface area contributed by atoms with Gasteiger partial charge in [0.15, 0.2) is 5.13 Å². The number of pyridine rings is 1. The predicted octanol–water partition coefficient (Wildman–Crippen LogP) is 5.93. The quantitative estimate of drug-likeness (QED) is 0.330. The van der Waals surface area contributed by atoms with Gasteiger partial charge in [0.2, 0.25) is 0 Å². The number of hydrogen-bond acceptors (Lipinski definition) is 5. The smallest absolute Gasteiger partial charge is 0.267 e. The molecular formula is C24H22ClN3O3S. The van der Waals surface area contributed by atoms with Crippen LogP contribution in [0.4, 0.5) is 5.13 Å². The number of benzene rings is 2. The number of anilines is 1. The van der Waals surface area contributed by atoms with E-state index in [1.165, 1.54) is 11.3 Å². The number of aromatic nitrogens is 2. The topological polar surface area (TPSA) is 84.2 Å². The van der Waals surface area contributed by atoms with Gasteiger partial charge in [-0.15, -0.1) is 11.3 Å². The van der Waals surface area contributed by atoms with Gasteiger partial charge in [0.25, 0.3) is 11.5 Å². The second-order valence-electron chi connectivity index (χ2n) is 7.40. The molecule has 8 heteroatoms. The number of rotatable bonds is 7. The van der Waals surface area contributed by atoms with Crippen LogP contribution in [-0.4, -0.2) is 20.6 Å². The molecule has 164 valence electrons. The Labute approximate surface area is 194 Å². The Morgan fingerprint density at radius 2 is 1.91 bits per heavy atom. The number of carbonyl (C=O) groups excluding carboxylic acids is 1. The molecule has 0 bridgehead atoms. The van der Waals surface area contributed by atoms with Crippen LogP contribution in [0.25, 0.3) is 22.2 Å². The molecule has 0 unspecified atom stereocenters. The molecule has 2 N–H and O–H groups in total. The molecular weight excluding hydrogens is 446 g/mol. The molecule has 0 spiro atoms. The zero-order valence-electron chi connectivity index (χ0n) is 17.5. The molecule has 4 aromatic rings. The fourth-order valence-electron chi connectivity index (χ4n) is 3.58. The van der Waals surface area contributed by atoms with Gasteiger partial charge in [-0.25, -0.2) is 4.98 Å². The summed E-state index contributed by atoms with van der Waals surface area (Å²) in [6.45, 7) is 2.56. The van der Waals surface area contributed by atoms with Gasteiger partial charge < -0.3 is 9.67 Å². The molecule has 32 heavy (non-hydrogen) atoms. The molecule has 0 aliphatic rings. The number of aryl methyl sites for hydroxylation is 1. The summed E-state index contributed by atoms with van der Waals surface area (Å²) in [5.41, 5.74) is 1.37. The maximum atomic E-state index is 13.2. The summed E-state index contributed by atoms with van der Waals surface area (Å²) >= 11 is 7.18. The molecule has 2 aromatic heterocycles. The first-order valence-electron chi connectivity index (χ1n) is 10.4. The Balaban J connectivity index is 1.68. The highest BCUT2D eigenvalue weighted by Gasteiger charge is 2.23. The largest absolute Gasteiger partial charge is 0.506 e. The first-order chi connectivity index (χ1) is 15.5. The minimum atomic E-state index is -0.681. The van der Waals surface area contributed by atoms with Crippen molar-refractivity contribution in [1.82, 2.24) is 9.55 Å². The Hall–Kier alpha value is -3.16. The number of fused-ring (bicyclic) bond motifs is 1. The van der Waals surface area contributed by atoms with E-state index in [1.54, 1.807) is 34.9 Å². The van der Waals surface area contributed by atoms with E-state index >= 15 is 0 Å². The number of amides is 1. The van der Waals surface area contributed by atoms with Gasteiger partial charge in [0.05, 0.1) is 11.2 Å². The molecule has 1 amide bonds. The van der Waals surface area contributed by atoms with Crippen molar-refractivity contribution in [1.29, 1.82) is 0 Å². The van der Waals surface area contributed by atoms with Gasteiger partial charge in [0.1, 0.15) is 11.3 Å². The number of carbonyl (C=O) groups is 1. The molecule has 0 aliphatic heterocycles. The molecule has 6 nitrogen and oxygen atoms in total. The van der Waals surface area contributed by atoms with Gasteiger partial charge >= 0.3 is 0 Å². The lowest BCUT2D eigenvalue weighted by Gasteiger charge is -2.14. The van der Waals surface area contributed by atoms with E-state index in [0.29, 0.717) is 33.3 Å². The van der Waals surface area contributed by atoms with Gasteiger partial charge in [-0.1, -0.05) is 55.6 Å². The Morgan fingerprint density at radius 1 is 1.16 bits per heavy atom. The minimum Gasteiger partial charge on any atom is -0.506 e. The minimum absolute atomic E-state index is 0.275. The lowest BCUT2D eigenvalue weighted by Crippen LogP contribution is -2.30. The number of nitrogens with zero attached hydrogens (tertiary/aromatic N) is 2. The van der Waals surface area contributed by atoms with Gasteiger partial charge in [0, 0.05) is 27.9 Å². The van der Waals surface area contributed by atoms with Gasteiger partial charge in [-0.3, -0.25) is 14.9 Å². The highest BCUT2D eigenvalue weighted by atomic mass is 35.5. The Morgan fingerprint density at radius 3 is 2.66 bits per heavy atom. The monoisotopic (exact) mass is 467 g/mol. The Bertz CT molecular complexity index is 1330. The van der Waals surface area contributed by atoms with Crippen molar-refractivity contribution in [3.05, 3.63) is 74.9 Å². The van der Waals surface area contributed by atoms with Gasteiger partial charge in [-0.2, -0.15) is 0 Å². The number of thiazole rings is 1. The number of halogens is 1. The molecule has 4 rings (SSSR count). The number of nitrogens with one attached hydrogen (secondary N) is 1. The summed E-state index contributed by atoms with van der Waals surface area (Å²) in [7, 11) is 0. The van der Waals surface area contributed by atoms with Crippen molar-refractivity contribution in [2.24, 2.45) is 0 Å². The van der Waals surface area contributed by atoms with Crippen molar-refractivity contribution in [3.63, 3.8) is 0 Å². The van der Waals surface area contributed by atoms with Crippen molar-refractivity contribution in [2.75, 3.05) is 5.32 Å². The molecule has 0 atom stereocenters. The first-order valence-corrected chi connectivity index (χ1v) is 11.6. The van der Waals surface area contributed by atoms with E-state index in [0.717, 1.165) is 24.8 Å². The number of aromatic hydroxyl groups is 1. The lowest BCUT2D eigenvalue weighted by molar-refractivity contribution is 0.102. The molecule has 0 fully saturated rings. The van der Waals surface area contributed by atoms with Crippen LogP contribution >= 0.6 is 22.9 Å². The lowest BCUT2D eigenvalue weighted by atomic mass is 10.1. The summed E-state index contributed by atoms with van der Waals surface area (Å²) in [5, 5.41) is 16.7. The van der Waals surface area contributed by atoms with Crippen molar-refractivity contribution >= 4 is 44.9 Å². The normalized spacial score (nSPS) is 11.1. The summed E-state index contributed by atoms with van der Waals surface area (Å²) in [5.74, 6) is -0.996. The van der Waals surface area contributed by atoms with E-state index in [9.17, 15) is 14.7 Å². The fourth-order valence-corrected chi connectivity index (χ4v) is 4.42. The summed E-state index contributed by atoms with van der Waals surface area (Å²) in [4.78, 5) is 30.7. The highest BCUT2D eigenvalue weighted by molar-refractivity contribution is 7.14. The van der Waals surface area contributed by atoms with Crippen molar-refractivity contribution < 1.29 is 9.90 Å². The maximum Gasteiger partial charge on any atom is 0.267 e. The first kappa shape index (κ1) is 22.0. The van der Waals surface area contributed by atoms with E-state index < -0.39 is 11.5 Å². The van der Waals surface area contributed by atoms with E-state index in [-0.39, 0.29) is 11.3 Å². The van der Waals surface area contributed by atoms with E-state index in [1.807, 2.05) is 23.6 Å². The third-order valence-electron chi connectivity index (χ3n) is 5.22. The van der Waals surface area contributed by atoms with Crippen LogP contribution in [0.2, 0.25) is 5.02 Å². The third kappa shape index (κ3) is 4.40. The molecule has 0 aliphatic carbocycles. The van der Waals surface area contributed by atoms with Crippen LogP contribution < -0.4 is 10.9 Å². The zero-order chi connectivity index (χ0) is 22.7. The van der Waals surface area contributed by atoms with Crippen LogP contribution in [0.5, 0.6) is 5.75 Å². The summed E-state index contributed by atoms with van der Waals surface area (Å²) < 4.78 is 1.57. The van der Waals surface area contributed by atoms with Crippen LogP contribution in [-0.2, 0) is 6.54 Å². The standard InChI is InChI=1S/C24H22ClN3O3S/c1-2-3-6-13-28-19-8-5-4-7-17(19)21(29)20(23(28)31)22(30)27-24-26-18(14-32-24)15-9-11-16(25)12-10-15/h4-5,7-12,14,29H,2-3,6,13H2,1H3,(H,26,27,30). The highest BCUT2D eigenvalue weighted by Crippen LogP contribution is 2.29. The number of para-hydroxylation sites is 1. The molecule has 0 saturated heterocycles. The number of hydrogen-bond donors (Lipinski definition) is 2. The van der Waals surface area contributed by atoms with Crippen LogP contribution in [0.15, 0.2) is 58.7 Å². The fraction of sp³-hybridized carbons (Fsp3) is 0.208. The van der Waals surface area contributed by atoms with E-state index in [4.69, 9.17) is 11.6 Å². The zero-order valence-corrected chi connectivity index (χ0v) is 19.0. The second kappa shape index (κ2) is 9.54. The van der Waals surface area contributed by atoms with Gasteiger partial charge in [-0.05, 0) is 30.7 Å². The summed E-state index contributed by atoms with van der Waals surface area (Å²) in [6.07, 6.45) is 2.79. The Kier molecular flexibility index (Phi) is 6.58. The van der Waals surface area contributed by atoms with Crippen molar-refractivity contribution in [3.8, 4) is 17.0 Å². The number of unbranched alkanes of at least 4 members (excludes halogenated alkanes) is 2. The molecule has 2 aromatic carbocycles. The average molecular weight is 468 g/mol. The SMILES string of the molecule is CCCCCn1c(=O)c(C(=O)Nc2nc(-c3ccc(Cl)cc3)cs2)c(O)c2ccccc21. The molecule has 2 heterocycles. The van der Waals surface area contributed by atoms with Crippen LogP contribution in [0, 0.1) is 0 Å². The third-order valence-corrected chi connectivity index (χ3v) is 6.23. The molecule has 0 saturated carbocycles. The second-order valence-corrected chi connectivity index (χ2v) is 8.70. The average Bonchev–Trinajstić information content (AvgIpc) is 3.25. The van der Waals surface area contributed by atoms with Crippen molar-refractivity contribution in [2.45, 2.75) is 32.7 Å². The van der Waals surface area contributed by atoms with E-state index in [2.05, 4.69) is 17.2 Å². The molecule has 0 radical (unpaired) electrons. The maximum absolute atomic E-state index is 13.2.